The van der Waals surface area contributed by atoms with Gasteiger partial charge in [-0.3, -0.25) is 4.79 Å². The largest absolute Gasteiger partial charge is 0.351 e. The van der Waals surface area contributed by atoms with E-state index in [1.54, 1.807) is 6.33 Å². The lowest BCUT2D eigenvalue weighted by atomic mass is 10.4. The van der Waals surface area contributed by atoms with Crippen molar-refractivity contribution in [2.45, 2.75) is 12.6 Å². The highest BCUT2D eigenvalue weighted by Crippen LogP contribution is 2.41. The zero-order valence-corrected chi connectivity index (χ0v) is 8.26. The Balaban J connectivity index is 1.50. The summed E-state index contributed by atoms with van der Waals surface area (Å²) in [5, 5.41) is 10.2. The van der Waals surface area contributed by atoms with Crippen molar-refractivity contribution in [2.24, 2.45) is 11.8 Å². The lowest BCUT2D eigenvalue weighted by Gasteiger charge is -2.07. The number of aromatic nitrogens is 3. The first-order chi connectivity index (χ1) is 7.34. The zero-order chi connectivity index (χ0) is 10.3. The Kier molecular flexibility index (Phi) is 1.95. The molecule has 0 spiro atoms. The van der Waals surface area contributed by atoms with Gasteiger partial charge >= 0.3 is 0 Å². The molecule has 80 valence electrons. The van der Waals surface area contributed by atoms with Crippen LogP contribution in [0.3, 0.4) is 0 Å². The third-order valence-corrected chi connectivity index (χ3v) is 3.19. The molecule has 1 aliphatic carbocycles. The van der Waals surface area contributed by atoms with Crippen molar-refractivity contribution in [1.82, 2.24) is 25.4 Å². The Hall–Kier alpha value is -1.43. The van der Waals surface area contributed by atoms with Gasteiger partial charge in [-0.2, -0.15) is 5.10 Å². The first kappa shape index (κ1) is 8.84. The summed E-state index contributed by atoms with van der Waals surface area (Å²) in [5.41, 5.74) is 0. The second kappa shape index (κ2) is 3.30. The molecule has 2 heterocycles. The number of piperidine rings is 1. The predicted octanol–water partition coefficient (Wildman–Crippen LogP) is -1.39. The topological polar surface area (TPSA) is 71.8 Å². The third-order valence-electron chi connectivity index (χ3n) is 3.19. The second-order valence-corrected chi connectivity index (χ2v) is 4.17. The molecule has 1 saturated heterocycles. The molecule has 6 heteroatoms. The number of hydrogen-bond donors (Lipinski definition) is 2. The van der Waals surface area contributed by atoms with Crippen molar-refractivity contribution in [1.29, 1.82) is 0 Å². The van der Waals surface area contributed by atoms with Gasteiger partial charge in [0.1, 0.15) is 19.2 Å². The summed E-state index contributed by atoms with van der Waals surface area (Å²) < 4.78 is 1.53. The van der Waals surface area contributed by atoms with Crippen LogP contribution in [0.25, 0.3) is 0 Å². The second-order valence-electron chi connectivity index (χ2n) is 4.17. The molecule has 0 bridgehead atoms. The molecule has 0 aromatic carbocycles. The fraction of sp³-hybridized carbons (Fsp3) is 0.667. The summed E-state index contributed by atoms with van der Waals surface area (Å²) >= 11 is 0. The maximum atomic E-state index is 11.6. The molecule has 2 N–H and O–H groups in total. The van der Waals surface area contributed by atoms with Crippen LogP contribution in [0.15, 0.2) is 12.7 Å². The fourth-order valence-electron chi connectivity index (χ4n) is 2.33. The highest BCUT2D eigenvalue weighted by molar-refractivity contribution is 5.76. The number of nitrogens with one attached hydrogen (secondary N) is 2. The van der Waals surface area contributed by atoms with Crippen LogP contribution in [0.5, 0.6) is 0 Å². The van der Waals surface area contributed by atoms with Gasteiger partial charge < -0.3 is 10.6 Å². The van der Waals surface area contributed by atoms with Crippen molar-refractivity contribution in [3.8, 4) is 0 Å². The number of nitrogens with zero attached hydrogens (tertiary/aromatic N) is 3. The van der Waals surface area contributed by atoms with Crippen molar-refractivity contribution in [2.75, 3.05) is 13.1 Å². The highest BCUT2D eigenvalue weighted by Gasteiger charge is 2.53. The molecular weight excluding hydrogens is 194 g/mol. The van der Waals surface area contributed by atoms with E-state index < -0.39 is 0 Å². The maximum absolute atomic E-state index is 11.6. The minimum Gasteiger partial charge on any atom is -0.351 e. The normalized spacial score (nSPS) is 32.4. The van der Waals surface area contributed by atoms with Crippen molar-refractivity contribution in [3.05, 3.63) is 12.7 Å². The lowest BCUT2D eigenvalue weighted by Crippen LogP contribution is -2.34. The van der Waals surface area contributed by atoms with Gasteiger partial charge in [0.2, 0.25) is 5.91 Å². The van der Waals surface area contributed by atoms with Gasteiger partial charge in [-0.05, 0) is 11.8 Å². The van der Waals surface area contributed by atoms with Gasteiger partial charge in [0.25, 0.3) is 0 Å². The lowest BCUT2D eigenvalue weighted by molar-refractivity contribution is -0.122. The average molecular weight is 207 g/mol. The van der Waals surface area contributed by atoms with E-state index in [4.69, 9.17) is 0 Å². The standard InChI is InChI=1S/C9H13N5O/c15-8(3-14-5-11-4-12-14)13-9-6-1-10-2-7(6)9/h4-7,9-10H,1-3H2,(H,13,15). The van der Waals surface area contributed by atoms with Crippen LogP contribution in [0, 0.1) is 11.8 Å². The first-order valence-electron chi connectivity index (χ1n) is 5.17. The van der Waals surface area contributed by atoms with Crippen LogP contribution in [-0.4, -0.2) is 39.8 Å². The predicted molar refractivity (Wildman–Crippen MR) is 51.8 cm³/mol. The molecule has 2 unspecified atom stereocenters. The summed E-state index contributed by atoms with van der Waals surface area (Å²) in [7, 11) is 0. The Morgan fingerprint density at radius 3 is 3.00 bits per heavy atom. The monoisotopic (exact) mass is 207 g/mol. The van der Waals surface area contributed by atoms with E-state index in [0.717, 1.165) is 13.1 Å². The molecular formula is C9H13N5O. The van der Waals surface area contributed by atoms with Gasteiger partial charge in [-0.15, -0.1) is 0 Å². The number of rotatable bonds is 3. The maximum Gasteiger partial charge on any atom is 0.242 e. The Labute approximate surface area is 87.1 Å². The smallest absolute Gasteiger partial charge is 0.242 e. The van der Waals surface area contributed by atoms with Crippen LogP contribution >= 0.6 is 0 Å². The number of amides is 1. The van der Waals surface area contributed by atoms with Crippen LogP contribution in [0.2, 0.25) is 0 Å². The van der Waals surface area contributed by atoms with Crippen LogP contribution in [-0.2, 0) is 11.3 Å². The number of carbonyl (C=O) groups excluding carboxylic acids is 1. The van der Waals surface area contributed by atoms with Crippen LogP contribution < -0.4 is 10.6 Å². The van der Waals surface area contributed by atoms with Gasteiger partial charge in [-0.25, -0.2) is 9.67 Å². The molecule has 1 aromatic heterocycles. The summed E-state index contributed by atoms with van der Waals surface area (Å²) in [5.74, 6) is 1.34. The third kappa shape index (κ3) is 1.61. The van der Waals surface area contributed by atoms with E-state index in [1.807, 2.05) is 0 Å². The Morgan fingerprint density at radius 2 is 2.33 bits per heavy atom. The summed E-state index contributed by atoms with van der Waals surface area (Å²) in [4.78, 5) is 15.4. The fourth-order valence-corrected chi connectivity index (χ4v) is 2.33. The number of carbonyl (C=O) groups is 1. The quantitative estimate of drug-likeness (QED) is 0.640. The molecule has 2 aliphatic rings. The summed E-state index contributed by atoms with van der Waals surface area (Å²) in [6.07, 6.45) is 2.98. The molecule has 1 aromatic rings. The summed E-state index contributed by atoms with van der Waals surface area (Å²) in [6.45, 7) is 2.35. The Bertz CT molecular complexity index is 353. The zero-order valence-electron chi connectivity index (χ0n) is 8.26. The van der Waals surface area contributed by atoms with Gasteiger partial charge in [0.15, 0.2) is 0 Å². The molecule has 1 saturated carbocycles. The first-order valence-corrected chi connectivity index (χ1v) is 5.17. The number of hydrogen-bond acceptors (Lipinski definition) is 4. The van der Waals surface area contributed by atoms with Crippen molar-refractivity contribution >= 4 is 5.91 Å². The van der Waals surface area contributed by atoms with Gasteiger partial charge in [-0.1, -0.05) is 0 Å². The van der Waals surface area contributed by atoms with Crippen molar-refractivity contribution in [3.63, 3.8) is 0 Å². The van der Waals surface area contributed by atoms with E-state index in [0.29, 0.717) is 17.9 Å². The Morgan fingerprint density at radius 1 is 1.53 bits per heavy atom. The van der Waals surface area contributed by atoms with E-state index in [-0.39, 0.29) is 12.5 Å². The molecule has 1 amide bonds. The molecule has 3 rings (SSSR count). The highest BCUT2D eigenvalue weighted by atomic mass is 16.2. The molecule has 2 atom stereocenters. The van der Waals surface area contributed by atoms with Crippen LogP contribution in [0.1, 0.15) is 0 Å². The molecule has 6 nitrogen and oxygen atoms in total. The molecule has 0 radical (unpaired) electrons. The van der Waals surface area contributed by atoms with E-state index in [9.17, 15) is 4.79 Å². The van der Waals surface area contributed by atoms with Crippen LogP contribution in [0.4, 0.5) is 0 Å². The minimum absolute atomic E-state index is 0.0277. The van der Waals surface area contributed by atoms with Gasteiger partial charge in [0.05, 0.1) is 0 Å². The van der Waals surface area contributed by atoms with E-state index >= 15 is 0 Å². The minimum atomic E-state index is 0.0277. The molecule has 1 aliphatic heterocycles. The van der Waals surface area contributed by atoms with E-state index in [2.05, 4.69) is 20.7 Å². The van der Waals surface area contributed by atoms with Gasteiger partial charge in [0, 0.05) is 19.1 Å². The molecule has 2 fully saturated rings. The van der Waals surface area contributed by atoms with E-state index in [1.165, 1.54) is 11.0 Å². The summed E-state index contributed by atoms with van der Waals surface area (Å²) in [6, 6.07) is 0.391. The molecule has 15 heavy (non-hydrogen) atoms. The van der Waals surface area contributed by atoms with Crippen molar-refractivity contribution < 1.29 is 4.79 Å². The SMILES string of the molecule is O=C(Cn1cncn1)NC1C2CNCC21. The number of fused-ring (bicyclic) bond motifs is 1. The average Bonchev–Trinajstić information content (AvgIpc) is 2.65.